The van der Waals surface area contributed by atoms with Crippen LogP contribution in [-0.4, -0.2) is 20.7 Å². The number of thiazole rings is 1. The van der Waals surface area contributed by atoms with E-state index in [9.17, 15) is 4.79 Å². The molecular weight excluding hydrogens is 376 g/mol. The second-order valence-corrected chi connectivity index (χ2v) is 7.60. The van der Waals surface area contributed by atoms with Crippen molar-refractivity contribution in [2.24, 2.45) is 0 Å². The van der Waals surface area contributed by atoms with Gasteiger partial charge in [-0.1, -0.05) is 36.4 Å². The second kappa shape index (κ2) is 8.11. The minimum absolute atomic E-state index is 0.210. The summed E-state index contributed by atoms with van der Waals surface area (Å²) in [5, 5.41) is 11.9. The van der Waals surface area contributed by atoms with Crippen molar-refractivity contribution in [3.8, 4) is 10.6 Å². The Morgan fingerprint density at radius 3 is 2.74 bits per heavy atom. The Bertz CT molecular complexity index is 1040. The van der Waals surface area contributed by atoms with Gasteiger partial charge in [0.05, 0.1) is 11.4 Å². The number of anilines is 1. The summed E-state index contributed by atoms with van der Waals surface area (Å²) in [4.78, 5) is 17.3. The molecule has 5 nitrogen and oxygen atoms in total. The van der Waals surface area contributed by atoms with Crippen LogP contribution in [0.1, 0.15) is 11.1 Å². The van der Waals surface area contributed by atoms with E-state index in [0.29, 0.717) is 11.7 Å². The van der Waals surface area contributed by atoms with Gasteiger partial charge >= 0.3 is 0 Å². The zero-order valence-corrected chi connectivity index (χ0v) is 15.9. The van der Waals surface area contributed by atoms with Crippen molar-refractivity contribution in [2.45, 2.75) is 6.54 Å². The molecule has 0 radical (unpaired) electrons. The van der Waals surface area contributed by atoms with Crippen LogP contribution in [0.4, 0.5) is 5.13 Å². The van der Waals surface area contributed by atoms with E-state index in [1.165, 1.54) is 23.0 Å². The van der Waals surface area contributed by atoms with Gasteiger partial charge in [0.15, 0.2) is 5.13 Å². The average Bonchev–Trinajstić information content (AvgIpc) is 3.43. The van der Waals surface area contributed by atoms with Crippen LogP contribution in [0.3, 0.4) is 0 Å². The molecule has 134 valence electrons. The number of aromatic nitrogens is 3. The number of carbonyl (C=O) groups excluding carboxylic acids is 1. The lowest BCUT2D eigenvalue weighted by atomic mass is 10.2. The Hall–Kier alpha value is -3.03. The van der Waals surface area contributed by atoms with E-state index < -0.39 is 0 Å². The number of amides is 1. The van der Waals surface area contributed by atoms with Crippen molar-refractivity contribution >= 4 is 39.8 Å². The molecule has 4 rings (SSSR count). The molecule has 0 saturated carbocycles. The van der Waals surface area contributed by atoms with Crippen molar-refractivity contribution in [3.05, 3.63) is 82.8 Å². The maximum Gasteiger partial charge on any atom is 0.250 e. The van der Waals surface area contributed by atoms with Crippen LogP contribution in [0, 0.1) is 0 Å². The summed E-state index contributed by atoms with van der Waals surface area (Å²) in [6, 6.07) is 14.2. The molecule has 0 aliphatic rings. The summed E-state index contributed by atoms with van der Waals surface area (Å²) in [5.74, 6) is -0.210. The Morgan fingerprint density at radius 2 is 2.00 bits per heavy atom. The summed E-state index contributed by atoms with van der Waals surface area (Å²) >= 11 is 3.02. The van der Waals surface area contributed by atoms with Gasteiger partial charge in [0.25, 0.3) is 0 Å². The predicted octanol–water partition coefficient (Wildman–Crippen LogP) is 4.77. The predicted molar refractivity (Wildman–Crippen MR) is 111 cm³/mol. The van der Waals surface area contributed by atoms with Gasteiger partial charge in [0.1, 0.15) is 5.69 Å². The molecule has 0 bridgehead atoms. The molecule has 3 heterocycles. The first-order valence-electron chi connectivity index (χ1n) is 8.32. The highest BCUT2D eigenvalue weighted by Crippen LogP contribution is 2.27. The lowest BCUT2D eigenvalue weighted by molar-refractivity contribution is -0.111. The molecule has 0 aliphatic carbocycles. The minimum atomic E-state index is -0.210. The Balaban J connectivity index is 1.58. The number of benzene rings is 1. The van der Waals surface area contributed by atoms with Gasteiger partial charge < -0.3 is 0 Å². The third-order valence-corrected chi connectivity index (χ3v) is 5.37. The molecule has 1 N–H and O–H groups in total. The van der Waals surface area contributed by atoms with E-state index in [1.807, 2.05) is 52.0 Å². The standard InChI is InChI=1S/C20H16N4OS2/c25-18(22-20-21-10-12-27-20)9-8-16-14-24(13-15-5-2-1-3-6-15)23-19(16)17-7-4-11-26-17/h1-12,14H,13H2,(H,21,22,25). The molecule has 0 saturated heterocycles. The van der Waals surface area contributed by atoms with Crippen molar-refractivity contribution in [1.82, 2.24) is 14.8 Å². The van der Waals surface area contributed by atoms with Gasteiger partial charge in [-0.3, -0.25) is 14.8 Å². The second-order valence-electron chi connectivity index (χ2n) is 5.75. The minimum Gasteiger partial charge on any atom is -0.298 e. The Kier molecular flexibility index (Phi) is 5.22. The molecule has 4 aromatic rings. The van der Waals surface area contributed by atoms with Gasteiger partial charge in [-0.25, -0.2) is 4.98 Å². The molecule has 1 aromatic carbocycles. The number of hydrogen-bond acceptors (Lipinski definition) is 5. The van der Waals surface area contributed by atoms with Crippen LogP contribution in [0.2, 0.25) is 0 Å². The average molecular weight is 393 g/mol. The number of nitrogens with zero attached hydrogens (tertiary/aromatic N) is 3. The lowest BCUT2D eigenvalue weighted by Crippen LogP contribution is -2.07. The number of carbonyl (C=O) groups is 1. The van der Waals surface area contributed by atoms with Crippen LogP contribution >= 0.6 is 22.7 Å². The monoisotopic (exact) mass is 392 g/mol. The molecule has 0 aliphatic heterocycles. The highest BCUT2D eigenvalue weighted by Gasteiger charge is 2.11. The van der Waals surface area contributed by atoms with Crippen LogP contribution in [-0.2, 0) is 11.3 Å². The first-order chi connectivity index (χ1) is 13.3. The van der Waals surface area contributed by atoms with Gasteiger partial charge in [-0.05, 0) is 23.1 Å². The maximum absolute atomic E-state index is 12.1. The fraction of sp³-hybridized carbons (Fsp3) is 0.0500. The van der Waals surface area contributed by atoms with E-state index in [-0.39, 0.29) is 5.91 Å². The third kappa shape index (κ3) is 4.39. The van der Waals surface area contributed by atoms with Crippen LogP contribution < -0.4 is 5.32 Å². The quantitative estimate of drug-likeness (QED) is 0.481. The van der Waals surface area contributed by atoms with Crippen molar-refractivity contribution in [2.75, 3.05) is 5.32 Å². The molecule has 0 unspecified atom stereocenters. The zero-order chi connectivity index (χ0) is 18.5. The molecule has 1 amide bonds. The first-order valence-corrected chi connectivity index (χ1v) is 10.1. The van der Waals surface area contributed by atoms with E-state index in [4.69, 9.17) is 5.10 Å². The van der Waals surface area contributed by atoms with Gasteiger partial charge in [0, 0.05) is 29.4 Å². The Labute approximate surface area is 164 Å². The highest BCUT2D eigenvalue weighted by atomic mass is 32.1. The van der Waals surface area contributed by atoms with Crippen LogP contribution in [0.25, 0.3) is 16.6 Å². The number of hydrogen-bond donors (Lipinski definition) is 1. The fourth-order valence-corrected chi connectivity index (χ4v) is 3.88. The van der Waals surface area contributed by atoms with Gasteiger partial charge in [-0.15, -0.1) is 22.7 Å². The molecular formula is C20H16N4OS2. The fourth-order valence-electron chi connectivity index (χ4n) is 2.61. The summed E-state index contributed by atoms with van der Waals surface area (Å²) in [5.41, 5.74) is 2.96. The van der Waals surface area contributed by atoms with E-state index in [0.717, 1.165) is 16.1 Å². The number of thiophene rings is 1. The largest absolute Gasteiger partial charge is 0.298 e. The van der Waals surface area contributed by atoms with E-state index in [1.54, 1.807) is 23.6 Å². The molecule has 27 heavy (non-hydrogen) atoms. The Morgan fingerprint density at radius 1 is 1.11 bits per heavy atom. The maximum atomic E-state index is 12.1. The summed E-state index contributed by atoms with van der Waals surface area (Å²) in [6.07, 6.45) is 6.94. The highest BCUT2D eigenvalue weighted by molar-refractivity contribution is 7.14. The molecule has 7 heteroatoms. The third-order valence-electron chi connectivity index (χ3n) is 3.81. The molecule has 3 aromatic heterocycles. The van der Waals surface area contributed by atoms with Gasteiger partial charge in [0.2, 0.25) is 5.91 Å². The summed E-state index contributed by atoms with van der Waals surface area (Å²) in [7, 11) is 0. The van der Waals surface area contributed by atoms with Crippen molar-refractivity contribution < 1.29 is 4.79 Å². The smallest absolute Gasteiger partial charge is 0.250 e. The summed E-state index contributed by atoms with van der Waals surface area (Å²) in [6.45, 7) is 0.679. The van der Waals surface area contributed by atoms with E-state index >= 15 is 0 Å². The van der Waals surface area contributed by atoms with Crippen molar-refractivity contribution in [3.63, 3.8) is 0 Å². The number of nitrogens with one attached hydrogen (secondary N) is 1. The van der Waals surface area contributed by atoms with E-state index in [2.05, 4.69) is 22.4 Å². The topological polar surface area (TPSA) is 59.8 Å². The van der Waals surface area contributed by atoms with Gasteiger partial charge in [-0.2, -0.15) is 5.10 Å². The normalized spacial score (nSPS) is 11.1. The SMILES string of the molecule is O=C(C=Cc1cn(Cc2ccccc2)nc1-c1cccs1)Nc1nccs1. The molecule has 0 spiro atoms. The number of rotatable bonds is 6. The summed E-state index contributed by atoms with van der Waals surface area (Å²) < 4.78 is 1.91. The molecule has 0 fully saturated rings. The molecule has 0 atom stereocenters. The van der Waals surface area contributed by atoms with Crippen molar-refractivity contribution in [1.29, 1.82) is 0 Å². The lowest BCUT2D eigenvalue weighted by Gasteiger charge is -2.00. The van der Waals surface area contributed by atoms with Crippen LogP contribution in [0.5, 0.6) is 0 Å². The zero-order valence-electron chi connectivity index (χ0n) is 14.3. The van der Waals surface area contributed by atoms with Crippen LogP contribution in [0.15, 0.2) is 71.7 Å². The first kappa shape index (κ1) is 17.4.